The summed E-state index contributed by atoms with van der Waals surface area (Å²) in [5, 5.41) is 14.1. The van der Waals surface area contributed by atoms with Gasteiger partial charge in [-0.15, -0.1) is 0 Å². The zero-order chi connectivity index (χ0) is 31.8. The fraction of sp³-hybridized carbons (Fsp3) is 0.256. The molecule has 0 saturated carbocycles. The van der Waals surface area contributed by atoms with Crippen LogP contribution >= 0.6 is 0 Å². The van der Waals surface area contributed by atoms with Gasteiger partial charge in [-0.1, -0.05) is 121 Å². The van der Waals surface area contributed by atoms with E-state index in [-0.39, 0.29) is 19.4 Å². The average molecular weight is 619 g/mol. The summed E-state index contributed by atoms with van der Waals surface area (Å²) in [5.41, 5.74) is 4.15. The second-order valence-corrected chi connectivity index (χ2v) is 12.1. The molecule has 4 aromatic carbocycles. The molecule has 6 rings (SSSR count). The van der Waals surface area contributed by atoms with Crippen LogP contribution in [0.1, 0.15) is 46.8 Å². The Kier molecular flexibility index (Phi) is 10.0. The lowest BCUT2D eigenvalue weighted by Crippen LogP contribution is -2.48. The van der Waals surface area contributed by atoms with Gasteiger partial charge in [0.1, 0.15) is 5.60 Å². The molecule has 7 heteroatoms. The predicted molar refractivity (Wildman–Crippen MR) is 181 cm³/mol. The maximum Gasteiger partial charge on any atom is 0.266 e. The summed E-state index contributed by atoms with van der Waals surface area (Å²) >= 11 is 0. The smallest absolute Gasteiger partial charge is 0.266 e. The van der Waals surface area contributed by atoms with E-state index in [2.05, 4.69) is 69.7 Å². The van der Waals surface area contributed by atoms with Gasteiger partial charge in [-0.3, -0.25) is 0 Å². The highest BCUT2D eigenvalue weighted by molar-refractivity contribution is 5.68. The monoisotopic (exact) mass is 618 g/mol. The third-order valence-corrected chi connectivity index (χ3v) is 8.65. The number of pyridine rings is 1. The number of aromatic nitrogens is 1. The van der Waals surface area contributed by atoms with Crippen molar-refractivity contribution in [3.8, 4) is 0 Å². The van der Waals surface area contributed by atoms with Crippen molar-refractivity contribution in [2.24, 2.45) is 0 Å². The maximum absolute atomic E-state index is 14.0. The zero-order valence-corrected chi connectivity index (χ0v) is 25.9. The number of hydrogen-bond acceptors (Lipinski definition) is 5. The molecule has 5 nitrogen and oxygen atoms in total. The van der Waals surface area contributed by atoms with Gasteiger partial charge in [-0.25, -0.2) is 13.8 Å². The normalized spacial score (nSPS) is 18.0. The van der Waals surface area contributed by atoms with Crippen molar-refractivity contribution in [1.29, 1.82) is 0 Å². The fourth-order valence-electron chi connectivity index (χ4n) is 6.17. The van der Waals surface area contributed by atoms with Crippen molar-refractivity contribution in [3.63, 3.8) is 0 Å². The minimum Gasteiger partial charge on any atom is -0.384 e. The van der Waals surface area contributed by atoms with Crippen LogP contribution in [0.2, 0.25) is 0 Å². The average Bonchev–Trinajstić information content (AvgIpc) is 3.09. The molecule has 2 atom stereocenters. The van der Waals surface area contributed by atoms with Gasteiger partial charge < -0.3 is 20.2 Å². The van der Waals surface area contributed by atoms with Crippen molar-refractivity contribution < 1.29 is 13.9 Å². The Morgan fingerprint density at radius 1 is 0.652 bits per heavy atom. The summed E-state index contributed by atoms with van der Waals surface area (Å²) < 4.78 is 27.9. The van der Waals surface area contributed by atoms with E-state index in [9.17, 15) is 13.9 Å². The van der Waals surface area contributed by atoms with Gasteiger partial charge in [-0.05, 0) is 47.4 Å². The molecule has 0 unspecified atom stereocenters. The first kappa shape index (κ1) is 31.4. The SMILES string of the molecule is O[C@]1(C(F)F)CCN[C@@H](c2ccc(N(Cc3ccccc3)Cc3ccccc3)c(N(Cc3ccccc3)Cc3ccccc3)n2)C1. The number of rotatable bonds is 12. The van der Waals surface area contributed by atoms with Crippen LogP contribution in [0, 0.1) is 0 Å². The number of benzene rings is 4. The lowest BCUT2D eigenvalue weighted by atomic mass is 9.86. The molecular formula is C39H40F2N4O. The van der Waals surface area contributed by atoms with Crippen molar-refractivity contribution in [3.05, 3.63) is 161 Å². The van der Waals surface area contributed by atoms with Crippen molar-refractivity contribution in [1.82, 2.24) is 10.3 Å². The Morgan fingerprint density at radius 3 is 1.52 bits per heavy atom. The van der Waals surface area contributed by atoms with Gasteiger partial charge in [0, 0.05) is 32.6 Å². The van der Waals surface area contributed by atoms with Crippen LogP contribution in [-0.2, 0) is 26.2 Å². The molecular weight excluding hydrogens is 578 g/mol. The molecule has 2 N–H and O–H groups in total. The van der Waals surface area contributed by atoms with Crippen molar-refractivity contribution in [2.45, 2.75) is 57.1 Å². The molecule has 1 aliphatic rings. The van der Waals surface area contributed by atoms with Crippen molar-refractivity contribution in [2.75, 3.05) is 16.3 Å². The predicted octanol–water partition coefficient (Wildman–Crippen LogP) is 7.92. The second-order valence-electron chi connectivity index (χ2n) is 12.1. The van der Waals surface area contributed by atoms with E-state index in [0.29, 0.717) is 31.9 Å². The molecule has 1 saturated heterocycles. The van der Waals surface area contributed by atoms with Crippen LogP contribution in [-0.4, -0.2) is 28.7 Å². The van der Waals surface area contributed by atoms with E-state index in [1.807, 2.05) is 78.9 Å². The Hall–Kier alpha value is -4.59. The largest absolute Gasteiger partial charge is 0.384 e. The highest BCUT2D eigenvalue weighted by Gasteiger charge is 2.43. The number of nitrogens with zero attached hydrogens (tertiary/aromatic N) is 3. The number of piperidine rings is 1. The summed E-state index contributed by atoms with van der Waals surface area (Å²) in [5.74, 6) is 0.769. The van der Waals surface area contributed by atoms with Gasteiger partial charge in [0.2, 0.25) is 0 Å². The van der Waals surface area contributed by atoms with Crippen LogP contribution < -0.4 is 15.1 Å². The third kappa shape index (κ3) is 7.79. The Labute approximate surface area is 270 Å². The molecule has 1 aliphatic heterocycles. The summed E-state index contributed by atoms with van der Waals surface area (Å²) in [6.07, 6.45) is -2.93. The molecule has 1 fully saturated rings. The molecule has 0 amide bonds. The fourth-order valence-corrected chi connectivity index (χ4v) is 6.17. The molecule has 1 aromatic heterocycles. The van der Waals surface area contributed by atoms with Gasteiger partial charge in [0.05, 0.1) is 17.4 Å². The molecule has 236 valence electrons. The van der Waals surface area contributed by atoms with E-state index in [0.717, 1.165) is 22.6 Å². The zero-order valence-electron chi connectivity index (χ0n) is 25.9. The molecule has 5 aromatic rings. The van der Waals surface area contributed by atoms with E-state index < -0.39 is 18.1 Å². The Morgan fingerprint density at radius 2 is 1.09 bits per heavy atom. The minimum atomic E-state index is -2.82. The van der Waals surface area contributed by atoms with Crippen molar-refractivity contribution >= 4 is 11.5 Å². The number of halogens is 2. The van der Waals surface area contributed by atoms with Gasteiger partial charge in [-0.2, -0.15) is 0 Å². The molecule has 46 heavy (non-hydrogen) atoms. The van der Waals surface area contributed by atoms with Gasteiger partial charge >= 0.3 is 0 Å². The molecule has 0 bridgehead atoms. The topological polar surface area (TPSA) is 51.6 Å². The quantitative estimate of drug-likeness (QED) is 0.149. The third-order valence-electron chi connectivity index (χ3n) is 8.65. The summed E-state index contributed by atoms with van der Waals surface area (Å²) in [4.78, 5) is 9.89. The Bertz CT molecular complexity index is 1570. The lowest BCUT2D eigenvalue weighted by Gasteiger charge is -2.37. The molecule has 0 spiro atoms. The van der Waals surface area contributed by atoms with E-state index in [4.69, 9.17) is 4.98 Å². The highest BCUT2D eigenvalue weighted by atomic mass is 19.3. The molecule has 0 radical (unpaired) electrons. The number of alkyl halides is 2. The number of anilines is 2. The van der Waals surface area contributed by atoms with Crippen LogP contribution in [0.25, 0.3) is 0 Å². The van der Waals surface area contributed by atoms with E-state index in [1.54, 1.807) is 0 Å². The standard InChI is InChI=1S/C39H40F2N4O/c40-38(41)39(46)23-24-42-35(25-39)34-21-22-36(44(26-30-13-5-1-6-14-30)27-31-15-7-2-8-16-31)37(43-34)45(28-32-17-9-3-10-18-32)29-33-19-11-4-12-20-33/h1-22,35,38,42,46H,23-29H2/t35-,39-/m1/s1. The lowest BCUT2D eigenvalue weighted by molar-refractivity contribution is -0.120. The number of aliphatic hydroxyl groups is 1. The molecule has 0 aliphatic carbocycles. The number of hydrogen-bond donors (Lipinski definition) is 2. The Balaban J connectivity index is 1.47. The van der Waals surface area contributed by atoms with Crippen LogP contribution in [0.15, 0.2) is 133 Å². The highest BCUT2D eigenvalue weighted by Crippen LogP contribution is 2.38. The van der Waals surface area contributed by atoms with Crippen LogP contribution in [0.4, 0.5) is 20.3 Å². The first-order valence-electron chi connectivity index (χ1n) is 15.9. The number of nitrogens with one attached hydrogen (secondary N) is 1. The van der Waals surface area contributed by atoms with E-state index in [1.165, 1.54) is 11.1 Å². The second kappa shape index (κ2) is 14.7. The first-order valence-corrected chi connectivity index (χ1v) is 15.9. The van der Waals surface area contributed by atoms with Gasteiger partial charge in [0.15, 0.2) is 5.82 Å². The summed E-state index contributed by atoms with van der Waals surface area (Å²) in [6.45, 7) is 2.80. The van der Waals surface area contributed by atoms with Crippen LogP contribution in [0.3, 0.4) is 0 Å². The summed E-state index contributed by atoms with van der Waals surface area (Å²) in [7, 11) is 0. The van der Waals surface area contributed by atoms with E-state index >= 15 is 0 Å². The molecule has 2 heterocycles. The maximum atomic E-state index is 14.0. The summed E-state index contributed by atoms with van der Waals surface area (Å²) in [6, 6.07) is 44.9. The van der Waals surface area contributed by atoms with Crippen LogP contribution in [0.5, 0.6) is 0 Å². The van der Waals surface area contributed by atoms with Gasteiger partial charge in [0.25, 0.3) is 6.43 Å². The first-order chi connectivity index (χ1) is 22.5. The minimum absolute atomic E-state index is 0.00216.